The molecule has 0 saturated carbocycles. The molecule has 1 amide bonds. The Morgan fingerprint density at radius 3 is 2.13 bits per heavy atom. The Bertz CT molecular complexity index is 1180. The molecule has 30 heavy (non-hydrogen) atoms. The molecular weight excluding hydrogens is 420 g/mol. The summed E-state index contributed by atoms with van der Waals surface area (Å²) in [5.41, 5.74) is 4.58. The van der Waals surface area contributed by atoms with E-state index in [1.807, 2.05) is 32.9 Å². The zero-order valence-corrected chi connectivity index (χ0v) is 18.8. The molecule has 0 aliphatic rings. The van der Waals surface area contributed by atoms with Gasteiger partial charge in [0.2, 0.25) is 0 Å². The number of aryl methyl sites for hydroxylation is 3. The van der Waals surface area contributed by atoms with Crippen LogP contribution in [0.15, 0.2) is 65.6 Å². The molecule has 1 N–H and O–H groups in total. The third kappa shape index (κ3) is 4.50. The number of nitrogens with one attached hydrogen (secondary N) is 1. The lowest BCUT2D eigenvalue weighted by atomic mass is 10.0. The van der Waals surface area contributed by atoms with E-state index in [9.17, 15) is 13.2 Å². The van der Waals surface area contributed by atoms with E-state index in [4.69, 9.17) is 11.6 Å². The van der Waals surface area contributed by atoms with Crippen LogP contribution in [-0.2, 0) is 10.0 Å². The predicted octanol–water partition coefficient (Wildman–Crippen LogP) is 5.34. The normalized spacial score (nSPS) is 11.2. The summed E-state index contributed by atoms with van der Waals surface area (Å²) in [6.07, 6.45) is 0. The third-order valence-corrected chi connectivity index (χ3v) is 6.91. The minimum atomic E-state index is -3.79. The van der Waals surface area contributed by atoms with E-state index < -0.39 is 10.0 Å². The van der Waals surface area contributed by atoms with Crippen LogP contribution < -0.4 is 9.62 Å². The summed E-state index contributed by atoms with van der Waals surface area (Å²) < 4.78 is 27.0. The van der Waals surface area contributed by atoms with Crippen LogP contribution in [0.4, 0.5) is 11.4 Å². The van der Waals surface area contributed by atoms with E-state index in [-0.39, 0.29) is 10.8 Å². The predicted molar refractivity (Wildman–Crippen MR) is 122 cm³/mol. The molecule has 3 aromatic carbocycles. The molecular formula is C23H23ClN2O3S. The average molecular weight is 443 g/mol. The second-order valence-electron chi connectivity index (χ2n) is 7.20. The highest BCUT2D eigenvalue weighted by Gasteiger charge is 2.22. The van der Waals surface area contributed by atoms with Gasteiger partial charge in [-0.05, 0) is 74.4 Å². The van der Waals surface area contributed by atoms with Crippen LogP contribution in [0.3, 0.4) is 0 Å². The van der Waals surface area contributed by atoms with Crippen LogP contribution in [-0.4, -0.2) is 21.4 Å². The summed E-state index contributed by atoms with van der Waals surface area (Å²) in [5.74, 6) is -0.302. The summed E-state index contributed by atoms with van der Waals surface area (Å²) in [4.78, 5) is 13.0. The first-order valence-electron chi connectivity index (χ1n) is 9.33. The Morgan fingerprint density at radius 2 is 1.53 bits per heavy atom. The van der Waals surface area contributed by atoms with Crippen LogP contribution in [0.25, 0.3) is 0 Å². The molecule has 3 aromatic rings. The number of amides is 1. The summed E-state index contributed by atoms with van der Waals surface area (Å²) in [7, 11) is -2.33. The number of rotatable bonds is 5. The van der Waals surface area contributed by atoms with Crippen LogP contribution in [0.1, 0.15) is 27.0 Å². The third-order valence-electron chi connectivity index (χ3n) is 4.86. The van der Waals surface area contributed by atoms with E-state index in [0.717, 1.165) is 26.7 Å². The van der Waals surface area contributed by atoms with E-state index in [1.165, 1.54) is 31.3 Å². The van der Waals surface area contributed by atoms with Gasteiger partial charge in [-0.1, -0.05) is 35.4 Å². The SMILES string of the molecule is Cc1cc(C)c(NC(=O)c2cccc(N(C)S(=O)(=O)c3ccc(Cl)cc3)c2)c(C)c1. The van der Waals surface area contributed by atoms with E-state index in [2.05, 4.69) is 5.32 Å². The van der Waals surface area contributed by atoms with Crippen molar-refractivity contribution in [1.82, 2.24) is 0 Å². The average Bonchev–Trinajstić information content (AvgIpc) is 2.70. The first-order chi connectivity index (χ1) is 14.1. The number of anilines is 2. The van der Waals surface area contributed by atoms with Crippen molar-refractivity contribution in [1.29, 1.82) is 0 Å². The van der Waals surface area contributed by atoms with E-state index >= 15 is 0 Å². The Morgan fingerprint density at radius 1 is 0.933 bits per heavy atom. The first-order valence-corrected chi connectivity index (χ1v) is 11.1. The van der Waals surface area contributed by atoms with Gasteiger partial charge in [0.05, 0.1) is 10.6 Å². The zero-order valence-electron chi connectivity index (χ0n) is 17.2. The summed E-state index contributed by atoms with van der Waals surface area (Å²) >= 11 is 5.86. The minimum absolute atomic E-state index is 0.121. The number of carbonyl (C=O) groups is 1. The first kappa shape index (κ1) is 21.9. The van der Waals surface area contributed by atoms with Crippen molar-refractivity contribution >= 4 is 38.9 Å². The van der Waals surface area contributed by atoms with Gasteiger partial charge in [-0.2, -0.15) is 0 Å². The van der Waals surface area contributed by atoms with Crippen molar-refractivity contribution in [3.8, 4) is 0 Å². The smallest absolute Gasteiger partial charge is 0.264 e. The van der Waals surface area contributed by atoms with Crippen LogP contribution in [0, 0.1) is 20.8 Å². The van der Waals surface area contributed by atoms with Gasteiger partial charge in [0.1, 0.15) is 0 Å². The number of carbonyl (C=O) groups excluding carboxylic acids is 1. The summed E-state index contributed by atoms with van der Waals surface area (Å²) in [5, 5.41) is 3.40. The van der Waals surface area contributed by atoms with Gasteiger partial charge in [0.25, 0.3) is 15.9 Å². The largest absolute Gasteiger partial charge is 0.322 e. The standard InChI is InChI=1S/C23H23ClN2O3S/c1-15-12-16(2)22(17(3)13-15)25-23(27)18-6-5-7-20(14-18)26(4)30(28,29)21-10-8-19(24)9-11-21/h5-14H,1-4H3,(H,25,27). The number of halogens is 1. The monoisotopic (exact) mass is 442 g/mol. The molecule has 0 bridgehead atoms. The fourth-order valence-electron chi connectivity index (χ4n) is 3.31. The molecule has 0 unspecified atom stereocenters. The molecule has 3 rings (SSSR count). The lowest BCUT2D eigenvalue weighted by Gasteiger charge is -2.20. The highest BCUT2D eigenvalue weighted by molar-refractivity contribution is 7.92. The van der Waals surface area contributed by atoms with Gasteiger partial charge in [0.15, 0.2) is 0 Å². The maximum absolute atomic E-state index is 12.9. The topological polar surface area (TPSA) is 66.5 Å². The molecule has 0 saturated heterocycles. The minimum Gasteiger partial charge on any atom is -0.322 e. The molecule has 0 heterocycles. The molecule has 0 fully saturated rings. The Labute approximate surface area is 182 Å². The van der Waals surface area contributed by atoms with Crippen molar-refractivity contribution < 1.29 is 13.2 Å². The maximum Gasteiger partial charge on any atom is 0.264 e. The number of sulfonamides is 1. The van der Waals surface area contributed by atoms with Gasteiger partial charge in [-0.25, -0.2) is 8.42 Å². The van der Waals surface area contributed by atoms with E-state index in [0.29, 0.717) is 16.3 Å². The number of benzene rings is 3. The maximum atomic E-state index is 12.9. The number of hydrogen-bond acceptors (Lipinski definition) is 3. The quantitative estimate of drug-likeness (QED) is 0.579. The molecule has 0 aliphatic carbocycles. The van der Waals surface area contributed by atoms with Gasteiger partial charge in [0, 0.05) is 23.3 Å². The molecule has 156 valence electrons. The van der Waals surface area contributed by atoms with Crippen molar-refractivity contribution in [2.45, 2.75) is 25.7 Å². The van der Waals surface area contributed by atoms with Crippen molar-refractivity contribution in [3.05, 3.63) is 87.9 Å². The fraction of sp³-hybridized carbons (Fsp3) is 0.174. The van der Waals surface area contributed by atoms with Crippen LogP contribution >= 0.6 is 11.6 Å². The van der Waals surface area contributed by atoms with Crippen LogP contribution in [0.5, 0.6) is 0 Å². The Hall–Kier alpha value is -2.83. The van der Waals surface area contributed by atoms with Gasteiger partial charge < -0.3 is 5.32 Å². The summed E-state index contributed by atoms with van der Waals surface area (Å²) in [6.45, 7) is 5.89. The fourth-order valence-corrected chi connectivity index (χ4v) is 4.62. The molecule has 0 aliphatic heterocycles. The highest BCUT2D eigenvalue weighted by atomic mass is 35.5. The highest BCUT2D eigenvalue weighted by Crippen LogP contribution is 2.26. The summed E-state index contributed by atoms with van der Waals surface area (Å²) in [6, 6.07) is 16.5. The second kappa shape index (κ2) is 8.50. The van der Waals surface area contributed by atoms with Gasteiger partial charge >= 0.3 is 0 Å². The number of nitrogens with zero attached hydrogens (tertiary/aromatic N) is 1. The molecule has 0 radical (unpaired) electrons. The van der Waals surface area contributed by atoms with E-state index in [1.54, 1.807) is 24.3 Å². The van der Waals surface area contributed by atoms with Crippen molar-refractivity contribution in [2.24, 2.45) is 0 Å². The van der Waals surface area contributed by atoms with Crippen molar-refractivity contribution in [2.75, 3.05) is 16.7 Å². The lowest BCUT2D eigenvalue weighted by molar-refractivity contribution is 0.102. The number of hydrogen-bond donors (Lipinski definition) is 1. The molecule has 0 atom stereocenters. The Balaban J connectivity index is 1.89. The van der Waals surface area contributed by atoms with Crippen molar-refractivity contribution in [3.63, 3.8) is 0 Å². The molecule has 7 heteroatoms. The van der Waals surface area contributed by atoms with Gasteiger partial charge in [-0.3, -0.25) is 9.10 Å². The van der Waals surface area contributed by atoms with Crippen LogP contribution in [0.2, 0.25) is 5.02 Å². The zero-order chi connectivity index (χ0) is 22.1. The van der Waals surface area contributed by atoms with Gasteiger partial charge in [-0.15, -0.1) is 0 Å². The molecule has 5 nitrogen and oxygen atoms in total. The Kier molecular flexibility index (Phi) is 6.19. The molecule has 0 spiro atoms. The lowest BCUT2D eigenvalue weighted by Crippen LogP contribution is -2.27. The second-order valence-corrected chi connectivity index (χ2v) is 9.61. The molecule has 0 aromatic heterocycles.